The van der Waals surface area contributed by atoms with Gasteiger partial charge in [0.2, 0.25) is 0 Å². The van der Waals surface area contributed by atoms with E-state index in [1.54, 1.807) is 28.0 Å². The topological polar surface area (TPSA) is 53.5 Å². The molecule has 0 fully saturated rings. The van der Waals surface area contributed by atoms with Gasteiger partial charge < -0.3 is 9.80 Å². The maximum absolute atomic E-state index is 12.5. The zero-order chi connectivity index (χ0) is 16.5. The number of rotatable bonds is 8. The third-order valence-electron chi connectivity index (χ3n) is 3.51. The maximum Gasteiger partial charge on any atom is 0.272 e. The molecule has 0 bridgehead atoms. The van der Waals surface area contributed by atoms with Crippen molar-refractivity contribution in [2.24, 2.45) is 0 Å². The summed E-state index contributed by atoms with van der Waals surface area (Å²) in [5.74, 6) is -0.227. The quantitative estimate of drug-likeness (QED) is 0.742. The molecule has 122 valence electrons. The van der Waals surface area contributed by atoms with Crippen LogP contribution in [0.5, 0.6) is 0 Å². The first-order valence-electron chi connectivity index (χ1n) is 8.14. The minimum absolute atomic E-state index is 0.0992. The molecule has 0 radical (unpaired) electrons. The molecule has 1 aromatic heterocycles. The molecule has 0 atom stereocenters. The highest BCUT2D eigenvalue weighted by Gasteiger charge is 2.19. The molecule has 2 amide bonds. The number of carbonyl (C=O) groups excluding carboxylic acids is 2. The Hall–Kier alpha value is -1.91. The molecule has 5 heteroatoms. The van der Waals surface area contributed by atoms with Crippen LogP contribution in [0.3, 0.4) is 0 Å². The van der Waals surface area contributed by atoms with Gasteiger partial charge in [0.25, 0.3) is 11.8 Å². The number of amides is 2. The van der Waals surface area contributed by atoms with E-state index in [2.05, 4.69) is 4.98 Å². The van der Waals surface area contributed by atoms with Crippen molar-refractivity contribution in [3.63, 3.8) is 0 Å². The van der Waals surface area contributed by atoms with Crippen LogP contribution in [0, 0.1) is 0 Å². The number of hydrogen-bond acceptors (Lipinski definition) is 3. The fourth-order valence-corrected chi connectivity index (χ4v) is 2.36. The fourth-order valence-electron chi connectivity index (χ4n) is 2.36. The van der Waals surface area contributed by atoms with Gasteiger partial charge in [-0.15, -0.1) is 0 Å². The zero-order valence-corrected chi connectivity index (χ0v) is 14.1. The van der Waals surface area contributed by atoms with Crippen molar-refractivity contribution in [2.75, 3.05) is 26.2 Å². The van der Waals surface area contributed by atoms with Gasteiger partial charge in [-0.1, -0.05) is 19.9 Å². The Morgan fingerprint density at radius 2 is 1.32 bits per heavy atom. The van der Waals surface area contributed by atoms with Crippen molar-refractivity contribution in [1.29, 1.82) is 0 Å². The lowest BCUT2D eigenvalue weighted by Crippen LogP contribution is -2.34. The second kappa shape index (κ2) is 9.18. The molecule has 0 aliphatic heterocycles. The van der Waals surface area contributed by atoms with E-state index in [1.165, 1.54) is 0 Å². The minimum Gasteiger partial charge on any atom is -0.338 e. The van der Waals surface area contributed by atoms with Gasteiger partial charge in [-0.2, -0.15) is 0 Å². The first kappa shape index (κ1) is 18.1. The highest BCUT2D eigenvalue weighted by atomic mass is 16.2. The number of hydrogen-bond donors (Lipinski definition) is 0. The molecule has 0 aromatic carbocycles. The van der Waals surface area contributed by atoms with E-state index >= 15 is 0 Å². The molecule has 0 unspecified atom stereocenters. The average molecular weight is 305 g/mol. The van der Waals surface area contributed by atoms with Crippen LogP contribution in [0.1, 0.15) is 61.5 Å². The summed E-state index contributed by atoms with van der Waals surface area (Å²) in [4.78, 5) is 32.7. The Kier molecular flexibility index (Phi) is 7.57. The summed E-state index contributed by atoms with van der Waals surface area (Å²) in [6, 6.07) is 5.08. The molecule has 0 N–H and O–H groups in total. The highest BCUT2D eigenvalue weighted by molar-refractivity contribution is 5.96. The molecule has 0 saturated carbocycles. The van der Waals surface area contributed by atoms with Crippen LogP contribution in [0.4, 0.5) is 0 Å². The molecule has 22 heavy (non-hydrogen) atoms. The van der Waals surface area contributed by atoms with Gasteiger partial charge in [-0.3, -0.25) is 9.59 Å². The van der Waals surface area contributed by atoms with Crippen molar-refractivity contribution in [2.45, 2.75) is 40.5 Å². The van der Waals surface area contributed by atoms with Crippen molar-refractivity contribution >= 4 is 11.8 Å². The fraction of sp³-hybridized carbons (Fsp3) is 0.588. The lowest BCUT2D eigenvalue weighted by Gasteiger charge is -2.22. The number of carbonyl (C=O) groups is 2. The SMILES string of the molecule is CCCN(CCC)C(=O)c1cccc(C(=O)N(CC)CC)n1. The summed E-state index contributed by atoms with van der Waals surface area (Å²) in [5, 5.41) is 0. The minimum atomic E-state index is -0.128. The van der Waals surface area contributed by atoms with Crippen LogP contribution < -0.4 is 0 Å². The van der Waals surface area contributed by atoms with Crippen molar-refractivity contribution in [3.8, 4) is 0 Å². The molecule has 0 saturated heterocycles. The van der Waals surface area contributed by atoms with E-state index in [9.17, 15) is 9.59 Å². The Morgan fingerprint density at radius 1 is 0.864 bits per heavy atom. The molecule has 1 heterocycles. The van der Waals surface area contributed by atoms with E-state index in [0.717, 1.165) is 12.8 Å². The van der Waals surface area contributed by atoms with Crippen LogP contribution >= 0.6 is 0 Å². The first-order chi connectivity index (χ1) is 10.6. The standard InChI is InChI=1S/C17H27N3O2/c1-5-12-20(13-6-2)17(22)15-11-9-10-14(18-15)16(21)19(7-3)8-4/h9-11H,5-8,12-13H2,1-4H3. The predicted octanol–water partition coefficient (Wildman–Crippen LogP) is 2.83. The summed E-state index contributed by atoms with van der Waals surface area (Å²) >= 11 is 0. The van der Waals surface area contributed by atoms with E-state index in [0.29, 0.717) is 37.6 Å². The monoisotopic (exact) mass is 305 g/mol. The highest BCUT2D eigenvalue weighted by Crippen LogP contribution is 2.08. The van der Waals surface area contributed by atoms with E-state index in [1.807, 2.05) is 27.7 Å². The average Bonchev–Trinajstić information content (AvgIpc) is 2.55. The largest absolute Gasteiger partial charge is 0.338 e. The Morgan fingerprint density at radius 3 is 1.73 bits per heavy atom. The molecule has 1 rings (SSSR count). The van der Waals surface area contributed by atoms with Gasteiger partial charge in [0, 0.05) is 26.2 Å². The third kappa shape index (κ3) is 4.55. The first-order valence-corrected chi connectivity index (χ1v) is 8.14. The van der Waals surface area contributed by atoms with Crippen molar-refractivity contribution in [1.82, 2.24) is 14.8 Å². The molecule has 0 aliphatic carbocycles. The van der Waals surface area contributed by atoms with Crippen LogP contribution in [-0.4, -0.2) is 52.8 Å². The molecule has 0 aliphatic rings. The van der Waals surface area contributed by atoms with Gasteiger partial charge in [-0.05, 0) is 38.8 Å². The Balaban J connectivity index is 2.99. The molecule has 0 spiro atoms. The van der Waals surface area contributed by atoms with Gasteiger partial charge >= 0.3 is 0 Å². The van der Waals surface area contributed by atoms with Crippen LogP contribution in [-0.2, 0) is 0 Å². The predicted molar refractivity (Wildman–Crippen MR) is 88.0 cm³/mol. The maximum atomic E-state index is 12.5. The van der Waals surface area contributed by atoms with E-state index < -0.39 is 0 Å². The molecule has 1 aromatic rings. The van der Waals surface area contributed by atoms with Crippen LogP contribution in [0.25, 0.3) is 0 Å². The van der Waals surface area contributed by atoms with Gasteiger partial charge in [0.15, 0.2) is 0 Å². The molecule has 5 nitrogen and oxygen atoms in total. The lowest BCUT2D eigenvalue weighted by molar-refractivity contribution is 0.0747. The third-order valence-corrected chi connectivity index (χ3v) is 3.51. The summed E-state index contributed by atoms with van der Waals surface area (Å²) < 4.78 is 0. The molecular weight excluding hydrogens is 278 g/mol. The number of aromatic nitrogens is 1. The molecular formula is C17H27N3O2. The van der Waals surface area contributed by atoms with Gasteiger partial charge in [0.1, 0.15) is 11.4 Å². The summed E-state index contributed by atoms with van der Waals surface area (Å²) in [6.45, 7) is 10.6. The number of pyridine rings is 1. The zero-order valence-electron chi connectivity index (χ0n) is 14.1. The van der Waals surface area contributed by atoms with Gasteiger partial charge in [0.05, 0.1) is 0 Å². The van der Waals surface area contributed by atoms with Gasteiger partial charge in [-0.25, -0.2) is 4.98 Å². The van der Waals surface area contributed by atoms with E-state index in [-0.39, 0.29) is 11.8 Å². The normalized spacial score (nSPS) is 10.4. The summed E-state index contributed by atoms with van der Waals surface area (Å²) in [6.07, 6.45) is 1.81. The lowest BCUT2D eigenvalue weighted by atomic mass is 10.2. The van der Waals surface area contributed by atoms with Crippen molar-refractivity contribution in [3.05, 3.63) is 29.6 Å². The summed E-state index contributed by atoms with van der Waals surface area (Å²) in [7, 11) is 0. The second-order valence-corrected chi connectivity index (χ2v) is 5.18. The second-order valence-electron chi connectivity index (χ2n) is 5.18. The smallest absolute Gasteiger partial charge is 0.272 e. The Labute approximate surface area is 133 Å². The number of nitrogens with zero attached hydrogens (tertiary/aromatic N) is 3. The van der Waals surface area contributed by atoms with Crippen LogP contribution in [0.15, 0.2) is 18.2 Å². The Bertz CT molecular complexity index is 492. The summed E-state index contributed by atoms with van der Waals surface area (Å²) in [5.41, 5.74) is 0.683. The van der Waals surface area contributed by atoms with Crippen LogP contribution in [0.2, 0.25) is 0 Å². The van der Waals surface area contributed by atoms with E-state index in [4.69, 9.17) is 0 Å². The van der Waals surface area contributed by atoms with Crippen molar-refractivity contribution < 1.29 is 9.59 Å².